The summed E-state index contributed by atoms with van der Waals surface area (Å²) in [7, 11) is 2.54. The maximum Gasteiger partial charge on any atom is 0.337 e. The molecular formula is C30H26ClNO6. The smallest absolute Gasteiger partial charge is 0.337 e. The van der Waals surface area contributed by atoms with E-state index in [0.29, 0.717) is 17.2 Å². The molecule has 2 heterocycles. The number of hydrogen-bond donors (Lipinski definition) is 1. The lowest BCUT2D eigenvalue weighted by Gasteiger charge is -2.36. The molecule has 2 aliphatic heterocycles. The van der Waals surface area contributed by atoms with Crippen LogP contribution in [0.15, 0.2) is 102 Å². The Morgan fingerprint density at radius 2 is 1.58 bits per heavy atom. The largest absolute Gasteiger partial charge is 0.466 e. The van der Waals surface area contributed by atoms with Crippen molar-refractivity contribution in [3.8, 4) is 11.5 Å². The van der Waals surface area contributed by atoms with E-state index in [1.807, 2.05) is 72.8 Å². The van der Waals surface area contributed by atoms with Gasteiger partial charge in [-0.15, -0.1) is 0 Å². The van der Waals surface area contributed by atoms with E-state index < -0.39 is 29.7 Å². The van der Waals surface area contributed by atoms with Crippen LogP contribution in [0.4, 0.5) is 5.69 Å². The number of fused-ring (bicyclic) bond motifs is 2. The first-order chi connectivity index (χ1) is 18.4. The van der Waals surface area contributed by atoms with Crippen molar-refractivity contribution in [2.75, 3.05) is 19.5 Å². The first-order valence-corrected chi connectivity index (χ1v) is 12.4. The van der Waals surface area contributed by atoms with Gasteiger partial charge in [0.1, 0.15) is 23.2 Å². The van der Waals surface area contributed by atoms with Gasteiger partial charge in [0.05, 0.1) is 31.4 Å². The second-order valence-electron chi connectivity index (χ2n) is 8.89. The summed E-state index contributed by atoms with van der Waals surface area (Å²) in [5.41, 5.74) is 0.571. The minimum Gasteiger partial charge on any atom is -0.466 e. The summed E-state index contributed by atoms with van der Waals surface area (Å²) in [6.07, 6.45) is 3.22. The van der Waals surface area contributed by atoms with E-state index >= 15 is 0 Å². The number of rotatable bonds is 9. The maximum absolute atomic E-state index is 13.1. The average Bonchev–Trinajstić information content (AvgIpc) is 3.53. The molecule has 0 saturated heterocycles. The van der Waals surface area contributed by atoms with E-state index in [-0.39, 0.29) is 11.1 Å². The Kier molecular flexibility index (Phi) is 7.22. The number of ether oxygens (including phenoxy) is 4. The lowest BCUT2D eigenvalue weighted by Crippen LogP contribution is -2.49. The number of methoxy groups -OCH3 is 2. The highest BCUT2D eigenvalue weighted by atomic mass is 35.5. The van der Waals surface area contributed by atoms with E-state index in [2.05, 4.69) is 5.32 Å². The Morgan fingerprint density at radius 3 is 2.26 bits per heavy atom. The number of nitrogens with one attached hydrogen (secondary N) is 1. The van der Waals surface area contributed by atoms with Gasteiger partial charge in [0.15, 0.2) is 0 Å². The number of carbonyl (C=O) groups excluding carboxylic acids is 2. The fraction of sp³-hybridized carbons (Fsp3) is 0.200. The highest BCUT2D eigenvalue weighted by Crippen LogP contribution is 2.48. The number of benzene rings is 3. The number of anilines is 1. The number of carbonyl (C=O) groups is 2. The molecule has 1 N–H and O–H groups in total. The molecule has 3 aromatic carbocycles. The Labute approximate surface area is 225 Å². The van der Waals surface area contributed by atoms with Crippen molar-refractivity contribution in [1.82, 2.24) is 0 Å². The van der Waals surface area contributed by atoms with E-state index in [9.17, 15) is 9.59 Å². The molecule has 2 aliphatic rings. The highest BCUT2D eigenvalue weighted by Gasteiger charge is 2.58. The highest BCUT2D eigenvalue weighted by molar-refractivity contribution is 6.31. The van der Waals surface area contributed by atoms with Gasteiger partial charge in [-0.25, -0.2) is 9.59 Å². The van der Waals surface area contributed by atoms with Crippen molar-refractivity contribution in [2.24, 2.45) is 0 Å². The molecule has 7 nitrogen and oxygen atoms in total. The van der Waals surface area contributed by atoms with Crippen LogP contribution in [-0.4, -0.2) is 43.9 Å². The van der Waals surface area contributed by atoms with Crippen LogP contribution in [-0.2, 0) is 30.2 Å². The minimum atomic E-state index is -1.29. The quantitative estimate of drug-likeness (QED) is 0.288. The van der Waals surface area contributed by atoms with Crippen molar-refractivity contribution in [2.45, 2.75) is 24.2 Å². The van der Waals surface area contributed by atoms with Crippen molar-refractivity contribution in [3.05, 3.63) is 113 Å². The summed E-state index contributed by atoms with van der Waals surface area (Å²) in [5, 5.41) is 4.09. The van der Waals surface area contributed by atoms with Gasteiger partial charge in [-0.05, 0) is 60.5 Å². The minimum absolute atomic E-state index is 0.118. The van der Waals surface area contributed by atoms with Crippen LogP contribution >= 0.6 is 11.6 Å². The zero-order valence-electron chi connectivity index (χ0n) is 20.8. The number of hydrogen-bond acceptors (Lipinski definition) is 7. The van der Waals surface area contributed by atoms with Crippen LogP contribution in [0.3, 0.4) is 0 Å². The van der Waals surface area contributed by atoms with Crippen LogP contribution < -0.4 is 10.1 Å². The molecule has 0 amide bonds. The molecule has 0 aromatic heterocycles. The SMILES string of the molecule is COC(=O)C1=C(C(=O)OC)C2(C(Cc3ccccc3Cl)Nc3ccc(Oc4ccccc4)cc3)C=CC1O2. The van der Waals surface area contributed by atoms with Gasteiger partial charge in [-0.3, -0.25) is 0 Å². The third-order valence-corrected chi connectivity index (χ3v) is 7.02. The van der Waals surface area contributed by atoms with Gasteiger partial charge < -0.3 is 24.3 Å². The van der Waals surface area contributed by atoms with Gasteiger partial charge in [0.2, 0.25) is 0 Å². The van der Waals surface area contributed by atoms with Crippen molar-refractivity contribution in [3.63, 3.8) is 0 Å². The maximum atomic E-state index is 13.1. The second-order valence-corrected chi connectivity index (χ2v) is 9.30. The molecule has 3 atom stereocenters. The number of esters is 2. The van der Waals surface area contributed by atoms with Gasteiger partial charge in [0.25, 0.3) is 0 Å². The van der Waals surface area contributed by atoms with E-state index in [1.54, 1.807) is 18.2 Å². The van der Waals surface area contributed by atoms with Crippen LogP contribution in [0, 0.1) is 0 Å². The third kappa shape index (κ3) is 4.78. The van der Waals surface area contributed by atoms with Gasteiger partial charge in [0, 0.05) is 10.7 Å². The zero-order chi connectivity index (χ0) is 26.7. The molecule has 0 fully saturated rings. The third-order valence-electron chi connectivity index (χ3n) is 6.65. The summed E-state index contributed by atoms with van der Waals surface area (Å²) in [6.45, 7) is 0. The first-order valence-electron chi connectivity index (χ1n) is 12.1. The van der Waals surface area contributed by atoms with Crippen LogP contribution in [0.1, 0.15) is 5.56 Å². The van der Waals surface area contributed by atoms with E-state index in [4.69, 9.17) is 30.5 Å². The lowest BCUT2D eigenvalue weighted by molar-refractivity contribution is -0.139. The summed E-state index contributed by atoms with van der Waals surface area (Å²) in [6, 6.07) is 23.9. The monoisotopic (exact) mass is 531 g/mol. The van der Waals surface area contributed by atoms with Gasteiger partial charge in [-0.2, -0.15) is 0 Å². The van der Waals surface area contributed by atoms with Gasteiger partial charge in [-0.1, -0.05) is 54.1 Å². The second kappa shape index (κ2) is 10.7. The Morgan fingerprint density at radius 1 is 0.921 bits per heavy atom. The molecule has 38 heavy (non-hydrogen) atoms. The van der Waals surface area contributed by atoms with E-state index in [0.717, 1.165) is 17.0 Å². The standard InChI is InChI=1S/C30H26ClNO6/c1-35-28(33)26-24-16-17-30(38-24,27(26)29(34)36-2)25(18-19-8-6-7-11-23(19)31)32-20-12-14-22(15-13-20)37-21-9-4-3-5-10-21/h3-17,24-25,32H,18H2,1-2H3. The topological polar surface area (TPSA) is 83.1 Å². The Balaban J connectivity index is 1.51. The molecule has 0 saturated carbocycles. The van der Waals surface area contributed by atoms with Crippen LogP contribution in [0.25, 0.3) is 0 Å². The van der Waals surface area contributed by atoms with E-state index in [1.165, 1.54) is 14.2 Å². The normalized spacial score (nSPS) is 20.2. The molecule has 0 spiro atoms. The number of halogens is 1. The summed E-state index contributed by atoms with van der Waals surface area (Å²) >= 11 is 6.52. The average molecular weight is 532 g/mol. The molecule has 3 unspecified atom stereocenters. The molecule has 194 valence electrons. The van der Waals surface area contributed by atoms with Crippen LogP contribution in [0.2, 0.25) is 5.02 Å². The van der Waals surface area contributed by atoms with Crippen LogP contribution in [0.5, 0.6) is 11.5 Å². The molecule has 5 rings (SSSR count). The molecule has 2 bridgehead atoms. The van der Waals surface area contributed by atoms with Gasteiger partial charge >= 0.3 is 11.9 Å². The first kappa shape index (κ1) is 25.6. The Hall–Kier alpha value is -4.07. The molecule has 8 heteroatoms. The fourth-order valence-electron chi connectivity index (χ4n) is 4.88. The van der Waals surface area contributed by atoms with Crippen molar-refractivity contribution < 1.29 is 28.5 Å². The Bertz CT molecular complexity index is 1400. The fourth-order valence-corrected chi connectivity index (χ4v) is 5.09. The number of para-hydroxylation sites is 1. The summed E-state index contributed by atoms with van der Waals surface area (Å²) < 4.78 is 22.3. The zero-order valence-corrected chi connectivity index (χ0v) is 21.6. The summed E-state index contributed by atoms with van der Waals surface area (Å²) in [4.78, 5) is 25.8. The summed E-state index contributed by atoms with van der Waals surface area (Å²) in [5.74, 6) is 0.104. The van der Waals surface area contributed by atoms with Crippen molar-refractivity contribution in [1.29, 1.82) is 0 Å². The molecular weight excluding hydrogens is 506 g/mol. The van der Waals surface area contributed by atoms with Crippen molar-refractivity contribution >= 4 is 29.2 Å². The lowest BCUT2D eigenvalue weighted by atomic mass is 9.79. The molecule has 0 aliphatic carbocycles. The predicted octanol–water partition coefficient (Wildman–Crippen LogP) is 5.51. The molecule has 0 radical (unpaired) electrons. The predicted molar refractivity (Wildman–Crippen MR) is 143 cm³/mol. The molecule has 3 aromatic rings.